The Bertz CT molecular complexity index is 1130. The summed E-state index contributed by atoms with van der Waals surface area (Å²) in [6.45, 7) is 1.46. The van der Waals surface area contributed by atoms with Crippen molar-refractivity contribution in [3.8, 4) is 0 Å². The maximum absolute atomic E-state index is 11.5. The number of carboxylic acids is 1. The van der Waals surface area contributed by atoms with Crippen LogP contribution in [-0.4, -0.2) is 16.0 Å². The van der Waals surface area contributed by atoms with Gasteiger partial charge in [0.15, 0.2) is 0 Å². The molecule has 1 heterocycles. The van der Waals surface area contributed by atoms with Crippen LogP contribution >= 0.6 is 11.6 Å². The molecule has 3 aromatic carbocycles. The molecule has 0 aliphatic carbocycles. The zero-order valence-electron chi connectivity index (χ0n) is 15.1. The van der Waals surface area contributed by atoms with Gasteiger partial charge in [0.2, 0.25) is 0 Å². The number of nitrogens with zero attached hydrogens (tertiary/aromatic N) is 2. The van der Waals surface area contributed by atoms with E-state index in [9.17, 15) is 20.0 Å². The molecule has 4 rings (SSSR count). The Balaban J connectivity index is 1.58. The largest absolute Gasteiger partial charge is 0.478 e. The van der Waals surface area contributed by atoms with Crippen LogP contribution in [0.4, 0.5) is 22.7 Å². The molecule has 1 aliphatic rings. The summed E-state index contributed by atoms with van der Waals surface area (Å²) in [6.07, 6.45) is 0. The molecule has 0 fully saturated rings. The summed E-state index contributed by atoms with van der Waals surface area (Å²) < 4.78 is 0. The third-order valence-electron chi connectivity index (χ3n) is 4.83. The Hall–Kier alpha value is -3.58. The first-order chi connectivity index (χ1) is 13.9. The molecule has 0 bridgehead atoms. The number of hydrogen-bond acceptors (Lipinski definition) is 5. The molecule has 0 saturated heterocycles. The lowest BCUT2D eigenvalue weighted by molar-refractivity contribution is -0.384. The van der Waals surface area contributed by atoms with E-state index in [-0.39, 0.29) is 11.3 Å². The summed E-state index contributed by atoms with van der Waals surface area (Å²) in [7, 11) is 0. The van der Waals surface area contributed by atoms with Gasteiger partial charge in [-0.2, -0.15) is 0 Å². The Morgan fingerprint density at radius 2 is 1.86 bits per heavy atom. The molecular weight excluding hydrogens is 394 g/mol. The van der Waals surface area contributed by atoms with E-state index in [0.29, 0.717) is 22.9 Å². The Kier molecular flexibility index (Phi) is 4.82. The molecule has 2 N–H and O–H groups in total. The monoisotopic (exact) mass is 409 g/mol. The van der Waals surface area contributed by atoms with E-state index in [1.807, 2.05) is 42.5 Å². The standard InChI is InChI=1S/C21H16ClN3O4/c22-15-2-1-3-17(9-15)24-11-13-4-5-16(8-14(13)12-24)23-20-7-6-18(25(28)29)10-19(20)21(26)27/h1-10,23H,11-12H2,(H,26,27). The van der Waals surface area contributed by atoms with Gasteiger partial charge in [-0.05, 0) is 47.5 Å². The SMILES string of the molecule is O=C(O)c1cc([N+](=O)[O-])ccc1Nc1ccc2c(c1)CN(c1cccc(Cl)c1)C2. The second-order valence-corrected chi connectivity index (χ2v) is 7.17. The van der Waals surface area contributed by atoms with Crippen LogP contribution in [0, 0.1) is 10.1 Å². The van der Waals surface area contributed by atoms with Crippen molar-refractivity contribution in [3.63, 3.8) is 0 Å². The molecule has 29 heavy (non-hydrogen) atoms. The number of fused-ring (bicyclic) bond motifs is 1. The van der Waals surface area contributed by atoms with E-state index in [4.69, 9.17) is 11.6 Å². The lowest BCUT2D eigenvalue weighted by Gasteiger charge is -2.17. The lowest BCUT2D eigenvalue weighted by Crippen LogP contribution is -2.14. The Morgan fingerprint density at radius 3 is 2.59 bits per heavy atom. The zero-order chi connectivity index (χ0) is 20.5. The number of carbonyl (C=O) groups is 1. The van der Waals surface area contributed by atoms with Crippen LogP contribution in [0.2, 0.25) is 5.02 Å². The lowest BCUT2D eigenvalue weighted by atomic mass is 10.1. The van der Waals surface area contributed by atoms with Gasteiger partial charge in [0.25, 0.3) is 5.69 Å². The van der Waals surface area contributed by atoms with Crippen molar-refractivity contribution in [2.45, 2.75) is 13.1 Å². The quantitative estimate of drug-likeness (QED) is 0.443. The molecule has 0 saturated carbocycles. The number of nitro benzene ring substituents is 1. The third-order valence-corrected chi connectivity index (χ3v) is 5.06. The minimum Gasteiger partial charge on any atom is -0.478 e. The second-order valence-electron chi connectivity index (χ2n) is 6.74. The molecule has 0 amide bonds. The van der Waals surface area contributed by atoms with Gasteiger partial charge >= 0.3 is 5.97 Å². The molecule has 0 radical (unpaired) electrons. The second kappa shape index (κ2) is 7.44. The topological polar surface area (TPSA) is 95.7 Å². The summed E-state index contributed by atoms with van der Waals surface area (Å²) in [5, 5.41) is 24.1. The first-order valence-electron chi connectivity index (χ1n) is 8.82. The molecule has 0 unspecified atom stereocenters. The average Bonchev–Trinajstić information content (AvgIpc) is 3.11. The maximum Gasteiger partial charge on any atom is 0.338 e. The molecule has 1 aliphatic heterocycles. The fourth-order valence-electron chi connectivity index (χ4n) is 3.41. The number of rotatable bonds is 5. The van der Waals surface area contributed by atoms with Crippen molar-refractivity contribution in [3.05, 3.63) is 92.5 Å². The van der Waals surface area contributed by atoms with Crippen molar-refractivity contribution < 1.29 is 14.8 Å². The van der Waals surface area contributed by atoms with Crippen molar-refractivity contribution >= 4 is 40.3 Å². The number of nitrogens with one attached hydrogen (secondary N) is 1. The molecule has 0 atom stereocenters. The number of non-ortho nitro benzene ring substituents is 1. The molecule has 7 nitrogen and oxygen atoms in total. The van der Waals surface area contributed by atoms with E-state index in [1.165, 1.54) is 17.7 Å². The summed E-state index contributed by atoms with van der Waals surface area (Å²) in [4.78, 5) is 24.0. The van der Waals surface area contributed by atoms with Crippen LogP contribution in [0.3, 0.4) is 0 Å². The number of benzene rings is 3. The molecular formula is C21H16ClN3O4. The number of hydrogen-bond donors (Lipinski definition) is 2. The van der Waals surface area contributed by atoms with Gasteiger partial charge in [-0.25, -0.2) is 4.79 Å². The Labute approximate surface area is 171 Å². The first kappa shape index (κ1) is 18.8. The molecule has 8 heteroatoms. The third kappa shape index (κ3) is 3.86. The maximum atomic E-state index is 11.5. The van der Waals surface area contributed by atoms with Crippen LogP contribution in [0.1, 0.15) is 21.5 Å². The van der Waals surface area contributed by atoms with E-state index in [1.54, 1.807) is 0 Å². The summed E-state index contributed by atoms with van der Waals surface area (Å²) in [6, 6.07) is 17.2. The van der Waals surface area contributed by atoms with Crippen molar-refractivity contribution in [2.75, 3.05) is 10.2 Å². The zero-order valence-corrected chi connectivity index (χ0v) is 15.9. The fourth-order valence-corrected chi connectivity index (χ4v) is 3.60. The van der Waals surface area contributed by atoms with E-state index in [2.05, 4.69) is 10.2 Å². The highest BCUT2D eigenvalue weighted by Crippen LogP contribution is 2.33. The highest BCUT2D eigenvalue weighted by molar-refractivity contribution is 6.30. The number of halogens is 1. The average molecular weight is 410 g/mol. The summed E-state index contributed by atoms with van der Waals surface area (Å²) in [5.41, 5.74) is 3.93. The highest BCUT2D eigenvalue weighted by atomic mass is 35.5. The first-order valence-corrected chi connectivity index (χ1v) is 9.19. The normalized spacial score (nSPS) is 12.5. The van der Waals surface area contributed by atoms with Gasteiger partial charge in [-0.3, -0.25) is 10.1 Å². The molecule has 0 spiro atoms. The smallest absolute Gasteiger partial charge is 0.338 e. The fraction of sp³-hybridized carbons (Fsp3) is 0.0952. The summed E-state index contributed by atoms with van der Waals surface area (Å²) in [5.74, 6) is -1.23. The molecule has 0 aromatic heterocycles. The Morgan fingerprint density at radius 1 is 1.07 bits per heavy atom. The van der Waals surface area contributed by atoms with Gasteiger partial charge < -0.3 is 15.3 Å². The van der Waals surface area contributed by atoms with Crippen molar-refractivity contribution in [1.29, 1.82) is 0 Å². The van der Waals surface area contributed by atoms with Gasteiger partial charge in [-0.1, -0.05) is 23.7 Å². The van der Waals surface area contributed by atoms with Gasteiger partial charge in [0, 0.05) is 41.6 Å². The van der Waals surface area contributed by atoms with Crippen LogP contribution in [0.25, 0.3) is 0 Å². The van der Waals surface area contributed by atoms with Crippen molar-refractivity contribution in [1.82, 2.24) is 0 Å². The molecule has 146 valence electrons. The van der Waals surface area contributed by atoms with E-state index < -0.39 is 10.9 Å². The molecule has 3 aromatic rings. The van der Waals surface area contributed by atoms with Gasteiger partial charge in [0.05, 0.1) is 16.2 Å². The van der Waals surface area contributed by atoms with E-state index in [0.717, 1.165) is 23.9 Å². The van der Waals surface area contributed by atoms with Crippen LogP contribution < -0.4 is 10.2 Å². The van der Waals surface area contributed by atoms with E-state index >= 15 is 0 Å². The van der Waals surface area contributed by atoms with Crippen molar-refractivity contribution in [2.24, 2.45) is 0 Å². The number of nitro groups is 1. The minimum atomic E-state index is -1.23. The number of aromatic carboxylic acids is 1. The van der Waals surface area contributed by atoms with Crippen LogP contribution in [0.5, 0.6) is 0 Å². The van der Waals surface area contributed by atoms with Crippen LogP contribution in [0.15, 0.2) is 60.7 Å². The number of carboxylic acid groups (broad SMARTS) is 1. The number of anilines is 3. The van der Waals surface area contributed by atoms with Gasteiger partial charge in [-0.15, -0.1) is 0 Å². The van der Waals surface area contributed by atoms with Crippen LogP contribution in [-0.2, 0) is 13.1 Å². The minimum absolute atomic E-state index is 0.153. The summed E-state index contributed by atoms with van der Waals surface area (Å²) >= 11 is 6.09. The highest BCUT2D eigenvalue weighted by Gasteiger charge is 2.21. The van der Waals surface area contributed by atoms with Gasteiger partial charge in [0.1, 0.15) is 0 Å². The predicted octanol–water partition coefficient (Wildman–Crippen LogP) is 5.21. The predicted molar refractivity (Wildman–Crippen MR) is 111 cm³/mol.